The Hall–Kier alpha value is -2.05. The molecule has 0 unspecified atom stereocenters. The van der Waals surface area contributed by atoms with Gasteiger partial charge in [-0.25, -0.2) is 4.79 Å². The fourth-order valence-corrected chi connectivity index (χ4v) is 2.71. The predicted octanol–water partition coefficient (Wildman–Crippen LogP) is 2.97. The van der Waals surface area contributed by atoms with Crippen LogP contribution in [0.25, 0.3) is 0 Å². The van der Waals surface area contributed by atoms with E-state index in [-0.39, 0.29) is 17.4 Å². The molecular formula is C18H29N3O4. The highest BCUT2D eigenvalue weighted by atomic mass is 16.6. The quantitative estimate of drug-likeness (QED) is 0.777. The summed E-state index contributed by atoms with van der Waals surface area (Å²) >= 11 is 0. The molecule has 1 saturated heterocycles. The molecule has 0 aromatic carbocycles. The second-order valence-electron chi connectivity index (χ2n) is 8.47. The first-order valence-electron chi connectivity index (χ1n) is 8.64. The predicted molar refractivity (Wildman–Crippen MR) is 93.7 cm³/mol. The molecule has 2 rings (SSSR count). The van der Waals surface area contributed by atoms with Crippen molar-refractivity contribution in [2.45, 2.75) is 59.5 Å². The van der Waals surface area contributed by atoms with Crippen LogP contribution in [0, 0.1) is 6.92 Å². The summed E-state index contributed by atoms with van der Waals surface area (Å²) in [6, 6.07) is 0. The number of hydrogen-bond acceptors (Lipinski definition) is 5. The van der Waals surface area contributed by atoms with Crippen LogP contribution in [-0.2, 0) is 10.2 Å². The van der Waals surface area contributed by atoms with Gasteiger partial charge in [0, 0.05) is 31.6 Å². The highest BCUT2D eigenvalue weighted by Crippen LogP contribution is 2.28. The Morgan fingerprint density at radius 2 is 1.52 bits per heavy atom. The Morgan fingerprint density at radius 3 is 2.00 bits per heavy atom. The van der Waals surface area contributed by atoms with Crippen LogP contribution in [0.3, 0.4) is 0 Å². The summed E-state index contributed by atoms with van der Waals surface area (Å²) in [5.41, 5.74) is 0.412. The summed E-state index contributed by atoms with van der Waals surface area (Å²) in [7, 11) is 0. The van der Waals surface area contributed by atoms with Crippen molar-refractivity contribution in [1.82, 2.24) is 15.0 Å². The minimum atomic E-state index is -0.523. The van der Waals surface area contributed by atoms with Gasteiger partial charge in [-0.3, -0.25) is 4.79 Å². The van der Waals surface area contributed by atoms with E-state index in [0.717, 1.165) is 0 Å². The minimum absolute atomic E-state index is 0.0903. The van der Waals surface area contributed by atoms with Crippen LogP contribution in [0.5, 0.6) is 0 Å². The fourth-order valence-electron chi connectivity index (χ4n) is 2.71. The molecule has 7 heteroatoms. The lowest BCUT2D eigenvalue weighted by Crippen LogP contribution is -2.51. The van der Waals surface area contributed by atoms with Crippen molar-refractivity contribution in [2.24, 2.45) is 0 Å². The molecule has 7 nitrogen and oxygen atoms in total. The van der Waals surface area contributed by atoms with Crippen LogP contribution in [-0.4, -0.2) is 58.7 Å². The zero-order valence-corrected chi connectivity index (χ0v) is 16.3. The standard InChI is InChI=1S/C18H29N3O4/c1-12-13(14(19-25-12)17(2,3)4)15(22)20-8-10-21(11-9-20)16(23)24-18(5,6)7/h8-11H2,1-7H3. The van der Waals surface area contributed by atoms with E-state index in [1.807, 2.05) is 41.5 Å². The molecule has 1 aromatic heterocycles. The maximum atomic E-state index is 12.9. The molecule has 2 heterocycles. The largest absolute Gasteiger partial charge is 0.444 e. The first-order chi connectivity index (χ1) is 11.4. The third kappa shape index (κ3) is 4.52. The van der Waals surface area contributed by atoms with E-state index in [4.69, 9.17) is 9.26 Å². The van der Waals surface area contributed by atoms with Crippen LogP contribution in [0.4, 0.5) is 4.79 Å². The van der Waals surface area contributed by atoms with Gasteiger partial charge < -0.3 is 19.1 Å². The number of amides is 2. The Labute approximate surface area is 149 Å². The molecule has 0 saturated carbocycles. The average Bonchev–Trinajstić information content (AvgIpc) is 2.87. The van der Waals surface area contributed by atoms with Gasteiger partial charge in [-0.05, 0) is 27.7 Å². The molecule has 1 aromatic rings. The van der Waals surface area contributed by atoms with E-state index in [2.05, 4.69) is 5.16 Å². The van der Waals surface area contributed by atoms with Gasteiger partial charge in [0.1, 0.15) is 22.6 Å². The minimum Gasteiger partial charge on any atom is -0.444 e. The van der Waals surface area contributed by atoms with Crippen molar-refractivity contribution in [3.63, 3.8) is 0 Å². The van der Waals surface area contributed by atoms with Gasteiger partial charge >= 0.3 is 6.09 Å². The summed E-state index contributed by atoms with van der Waals surface area (Å²) in [5, 5.41) is 4.08. The Bertz CT molecular complexity index is 644. The zero-order valence-electron chi connectivity index (χ0n) is 16.3. The molecule has 1 fully saturated rings. The molecule has 0 atom stereocenters. The third-order valence-corrected chi connectivity index (χ3v) is 4.01. The molecule has 1 aliphatic rings. The average molecular weight is 351 g/mol. The highest BCUT2D eigenvalue weighted by Gasteiger charge is 2.34. The third-order valence-electron chi connectivity index (χ3n) is 4.01. The topological polar surface area (TPSA) is 75.9 Å². The van der Waals surface area contributed by atoms with Gasteiger partial charge in [0.15, 0.2) is 0 Å². The first-order valence-corrected chi connectivity index (χ1v) is 8.64. The van der Waals surface area contributed by atoms with Crippen molar-refractivity contribution in [3.05, 3.63) is 17.0 Å². The summed E-state index contributed by atoms with van der Waals surface area (Å²) in [6.45, 7) is 15.1. The fraction of sp³-hybridized carbons (Fsp3) is 0.722. The molecular weight excluding hydrogens is 322 g/mol. The maximum absolute atomic E-state index is 12.9. The Morgan fingerprint density at radius 1 is 1.00 bits per heavy atom. The summed E-state index contributed by atoms with van der Waals surface area (Å²) in [5.74, 6) is 0.442. The molecule has 1 aliphatic heterocycles. The number of hydrogen-bond donors (Lipinski definition) is 0. The summed E-state index contributed by atoms with van der Waals surface area (Å²) in [6.07, 6.45) is -0.337. The molecule has 0 bridgehead atoms. The highest BCUT2D eigenvalue weighted by molar-refractivity contribution is 5.96. The van der Waals surface area contributed by atoms with E-state index in [1.54, 1.807) is 16.7 Å². The number of aromatic nitrogens is 1. The monoisotopic (exact) mass is 351 g/mol. The lowest BCUT2D eigenvalue weighted by molar-refractivity contribution is 0.0140. The van der Waals surface area contributed by atoms with Gasteiger partial charge in [-0.1, -0.05) is 25.9 Å². The van der Waals surface area contributed by atoms with Crippen LogP contribution in [0.15, 0.2) is 4.52 Å². The lowest BCUT2D eigenvalue weighted by atomic mass is 9.88. The van der Waals surface area contributed by atoms with Crippen molar-refractivity contribution < 1.29 is 18.8 Å². The number of rotatable bonds is 1. The van der Waals surface area contributed by atoms with Crippen LogP contribution in [0.1, 0.15) is 63.4 Å². The molecule has 0 N–H and O–H groups in total. The molecule has 0 aliphatic carbocycles. The zero-order chi connectivity index (χ0) is 19.0. The number of nitrogens with zero attached hydrogens (tertiary/aromatic N) is 3. The normalized spacial score (nSPS) is 16.1. The van der Waals surface area contributed by atoms with Crippen LogP contribution < -0.4 is 0 Å². The maximum Gasteiger partial charge on any atom is 0.410 e. The van der Waals surface area contributed by atoms with Crippen molar-refractivity contribution in [2.75, 3.05) is 26.2 Å². The summed E-state index contributed by atoms with van der Waals surface area (Å²) < 4.78 is 10.7. The van der Waals surface area contributed by atoms with Gasteiger partial charge in [0.05, 0.1) is 0 Å². The van der Waals surface area contributed by atoms with E-state index in [1.165, 1.54) is 0 Å². The Kier molecular flexibility index (Phi) is 5.16. The first kappa shape index (κ1) is 19.3. The number of ether oxygens (including phenoxy) is 1. The van der Waals surface area contributed by atoms with Crippen LogP contribution >= 0.6 is 0 Å². The van der Waals surface area contributed by atoms with E-state index < -0.39 is 5.60 Å². The van der Waals surface area contributed by atoms with Gasteiger partial charge in [-0.15, -0.1) is 0 Å². The molecule has 0 spiro atoms. The van der Waals surface area contributed by atoms with Crippen molar-refractivity contribution in [1.29, 1.82) is 0 Å². The van der Waals surface area contributed by atoms with Crippen LogP contribution in [0.2, 0.25) is 0 Å². The lowest BCUT2D eigenvalue weighted by Gasteiger charge is -2.35. The van der Waals surface area contributed by atoms with Crippen molar-refractivity contribution in [3.8, 4) is 0 Å². The second-order valence-corrected chi connectivity index (χ2v) is 8.47. The van der Waals surface area contributed by atoms with E-state index in [9.17, 15) is 9.59 Å². The second kappa shape index (κ2) is 6.69. The van der Waals surface area contributed by atoms with Gasteiger partial charge in [0.25, 0.3) is 5.91 Å². The number of aryl methyl sites for hydroxylation is 1. The molecule has 2 amide bonds. The number of piperazine rings is 1. The Balaban J connectivity index is 2.06. The van der Waals surface area contributed by atoms with Gasteiger partial charge in [0.2, 0.25) is 0 Å². The van der Waals surface area contributed by atoms with Gasteiger partial charge in [-0.2, -0.15) is 0 Å². The molecule has 25 heavy (non-hydrogen) atoms. The van der Waals surface area contributed by atoms with E-state index in [0.29, 0.717) is 43.2 Å². The smallest absolute Gasteiger partial charge is 0.410 e. The molecule has 140 valence electrons. The number of carbonyl (C=O) groups is 2. The van der Waals surface area contributed by atoms with Crippen molar-refractivity contribution >= 4 is 12.0 Å². The summed E-state index contributed by atoms with van der Waals surface area (Å²) in [4.78, 5) is 28.5. The van der Waals surface area contributed by atoms with E-state index >= 15 is 0 Å². The number of carbonyl (C=O) groups excluding carboxylic acids is 2. The SMILES string of the molecule is Cc1onc(C(C)(C)C)c1C(=O)N1CCN(C(=O)OC(C)(C)C)CC1. The molecule has 0 radical (unpaired) electrons.